The molecule has 5 heteroatoms. The van der Waals surface area contributed by atoms with Crippen molar-refractivity contribution in [3.8, 4) is 17.2 Å². The van der Waals surface area contributed by atoms with Crippen molar-refractivity contribution in [3.63, 3.8) is 0 Å². The Morgan fingerprint density at radius 2 is 1.81 bits per heavy atom. The zero-order valence-electron chi connectivity index (χ0n) is 15.0. The van der Waals surface area contributed by atoms with Crippen molar-refractivity contribution in [2.45, 2.75) is 12.8 Å². The Morgan fingerprint density at radius 1 is 1.07 bits per heavy atom. The first kappa shape index (κ1) is 18.5. The van der Waals surface area contributed by atoms with E-state index in [1.165, 1.54) is 7.11 Å². The highest BCUT2D eigenvalue weighted by atomic mass is 16.6. The fourth-order valence-electron chi connectivity index (χ4n) is 2.95. The zero-order chi connectivity index (χ0) is 19.2. The number of methoxy groups -OCH3 is 1. The number of hydrogen-bond acceptors (Lipinski definition) is 5. The molecule has 1 atom stereocenters. The number of nitriles is 1. The van der Waals surface area contributed by atoms with E-state index in [0.29, 0.717) is 29.0 Å². The Morgan fingerprint density at radius 3 is 2.52 bits per heavy atom. The summed E-state index contributed by atoms with van der Waals surface area (Å²) in [6.45, 7) is 0.540. The van der Waals surface area contributed by atoms with Crippen molar-refractivity contribution in [1.29, 1.82) is 5.26 Å². The number of nitrogens with zero attached hydrogens (tertiary/aromatic N) is 1. The maximum Gasteiger partial charge on any atom is 0.182 e. The fraction of sp³-hybridized carbons (Fsp3) is 0.136. The van der Waals surface area contributed by atoms with Gasteiger partial charge in [0.25, 0.3) is 0 Å². The van der Waals surface area contributed by atoms with Crippen LogP contribution in [-0.2, 0) is 11.3 Å². The third-order valence-corrected chi connectivity index (χ3v) is 4.40. The van der Waals surface area contributed by atoms with E-state index >= 15 is 0 Å². The summed E-state index contributed by atoms with van der Waals surface area (Å²) in [4.78, 5) is 0. The second kappa shape index (κ2) is 8.37. The summed E-state index contributed by atoms with van der Waals surface area (Å²) in [5, 5.41) is 22.5. The summed E-state index contributed by atoms with van der Waals surface area (Å²) >= 11 is 0. The van der Waals surface area contributed by atoms with E-state index in [1.807, 2.05) is 48.5 Å². The Kier molecular flexibility index (Phi) is 5.72. The number of nitrogens with one attached hydrogen (secondary N) is 1. The molecule has 0 aliphatic carbocycles. The van der Waals surface area contributed by atoms with Gasteiger partial charge in [0.1, 0.15) is 0 Å². The molecule has 0 amide bonds. The highest BCUT2D eigenvalue weighted by molar-refractivity contribution is 5.72. The molecular weight excluding hydrogens is 338 g/mol. The topological polar surface area (TPSA) is 91.3 Å². The maximum absolute atomic E-state index is 10.00. The molecule has 3 rings (SSSR count). The van der Waals surface area contributed by atoms with E-state index in [1.54, 1.807) is 18.2 Å². The number of nitrogens with two attached hydrogens (primary N) is 1. The van der Waals surface area contributed by atoms with Crippen LogP contribution in [0.15, 0.2) is 66.7 Å². The monoisotopic (exact) mass is 359 g/mol. The number of ether oxygens (including phenoxy) is 1. The van der Waals surface area contributed by atoms with Crippen LogP contribution in [-0.4, -0.2) is 12.2 Å². The molecule has 0 fully saturated rings. The minimum Gasteiger partial charge on any atom is -0.397 e. The molecule has 0 radical (unpaired) electrons. The number of aliphatic hydroxyl groups excluding tert-OH is 1. The van der Waals surface area contributed by atoms with Gasteiger partial charge in [0.2, 0.25) is 0 Å². The summed E-state index contributed by atoms with van der Waals surface area (Å²) in [5.41, 5.74) is 11.5. The minimum atomic E-state index is -1.04. The van der Waals surface area contributed by atoms with Crippen LogP contribution in [0.5, 0.6) is 0 Å². The SMILES string of the molecule is COC(O)c1cccc(N)c1NCc1ccc(-c2ccccc2C#N)cc1. The lowest BCUT2D eigenvalue weighted by Gasteiger charge is -2.18. The predicted molar refractivity (Wildman–Crippen MR) is 107 cm³/mol. The van der Waals surface area contributed by atoms with Crippen molar-refractivity contribution in [2.75, 3.05) is 18.2 Å². The molecule has 0 spiro atoms. The second-order valence-electron chi connectivity index (χ2n) is 6.11. The highest BCUT2D eigenvalue weighted by Gasteiger charge is 2.13. The molecule has 0 aliphatic heterocycles. The molecule has 4 N–H and O–H groups in total. The van der Waals surface area contributed by atoms with Crippen molar-refractivity contribution < 1.29 is 9.84 Å². The molecular formula is C22H21N3O2. The number of benzene rings is 3. The standard InChI is InChI=1S/C22H21N3O2/c1-27-22(26)19-7-4-8-20(24)21(19)25-14-15-9-11-16(12-10-15)18-6-3-2-5-17(18)13-23/h2-12,22,25-26H,14,24H2,1H3. The zero-order valence-corrected chi connectivity index (χ0v) is 15.0. The first-order valence-electron chi connectivity index (χ1n) is 8.55. The summed E-state index contributed by atoms with van der Waals surface area (Å²) in [6, 6.07) is 23.1. The number of aliphatic hydroxyl groups is 1. The van der Waals surface area contributed by atoms with E-state index in [9.17, 15) is 10.4 Å². The van der Waals surface area contributed by atoms with Gasteiger partial charge >= 0.3 is 0 Å². The molecule has 0 bridgehead atoms. The van der Waals surface area contributed by atoms with E-state index in [-0.39, 0.29) is 0 Å². The van der Waals surface area contributed by atoms with Crippen molar-refractivity contribution in [1.82, 2.24) is 0 Å². The fourth-order valence-corrected chi connectivity index (χ4v) is 2.95. The summed E-state index contributed by atoms with van der Waals surface area (Å²) in [6.07, 6.45) is -1.04. The summed E-state index contributed by atoms with van der Waals surface area (Å²) in [7, 11) is 1.44. The first-order chi connectivity index (χ1) is 13.1. The van der Waals surface area contributed by atoms with E-state index < -0.39 is 6.29 Å². The average molecular weight is 359 g/mol. The molecule has 0 heterocycles. The first-order valence-corrected chi connectivity index (χ1v) is 8.55. The maximum atomic E-state index is 10.00. The van der Waals surface area contributed by atoms with Crippen molar-refractivity contribution >= 4 is 11.4 Å². The van der Waals surface area contributed by atoms with Crippen LogP contribution in [0, 0.1) is 11.3 Å². The molecule has 0 saturated heterocycles. The van der Waals surface area contributed by atoms with Gasteiger partial charge in [0.15, 0.2) is 6.29 Å². The third-order valence-electron chi connectivity index (χ3n) is 4.40. The van der Waals surface area contributed by atoms with Crippen LogP contribution in [0.25, 0.3) is 11.1 Å². The van der Waals surface area contributed by atoms with Crippen molar-refractivity contribution in [3.05, 3.63) is 83.4 Å². The lowest BCUT2D eigenvalue weighted by atomic mass is 9.99. The number of rotatable bonds is 6. The van der Waals surface area contributed by atoms with Crippen LogP contribution in [0.4, 0.5) is 11.4 Å². The molecule has 0 aromatic heterocycles. The largest absolute Gasteiger partial charge is 0.397 e. The van der Waals surface area contributed by atoms with E-state index in [0.717, 1.165) is 16.7 Å². The normalized spacial score (nSPS) is 11.6. The number of hydrogen-bond donors (Lipinski definition) is 3. The minimum absolute atomic E-state index is 0.540. The number of para-hydroxylation sites is 1. The van der Waals surface area contributed by atoms with Gasteiger partial charge < -0.3 is 20.9 Å². The quantitative estimate of drug-likeness (QED) is 0.456. The predicted octanol–water partition coefficient (Wildman–Crippen LogP) is 4.06. The molecule has 0 aliphatic rings. The number of anilines is 2. The summed E-state index contributed by atoms with van der Waals surface area (Å²) < 4.78 is 5.00. The third kappa shape index (κ3) is 4.09. The van der Waals surface area contributed by atoms with Gasteiger partial charge in [-0.3, -0.25) is 0 Å². The molecule has 3 aromatic rings. The van der Waals surface area contributed by atoms with Gasteiger partial charge in [-0.2, -0.15) is 5.26 Å². The Balaban J connectivity index is 1.78. The molecule has 0 saturated carbocycles. The van der Waals surface area contributed by atoms with Gasteiger partial charge in [-0.1, -0.05) is 54.6 Å². The molecule has 27 heavy (non-hydrogen) atoms. The number of nitrogen functional groups attached to an aromatic ring is 1. The van der Waals surface area contributed by atoms with E-state index in [4.69, 9.17) is 10.5 Å². The van der Waals surface area contributed by atoms with Crippen molar-refractivity contribution in [2.24, 2.45) is 0 Å². The van der Waals surface area contributed by atoms with Gasteiger partial charge in [0.05, 0.1) is 23.0 Å². The van der Waals surface area contributed by atoms with Crippen LogP contribution in [0.3, 0.4) is 0 Å². The van der Waals surface area contributed by atoms with Gasteiger partial charge in [0, 0.05) is 19.2 Å². The van der Waals surface area contributed by atoms with Crippen LogP contribution in [0.1, 0.15) is 23.0 Å². The highest BCUT2D eigenvalue weighted by Crippen LogP contribution is 2.30. The molecule has 3 aromatic carbocycles. The van der Waals surface area contributed by atoms with Crippen LogP contribution < -0.4 is 11.1 Å². The van der Waals surface area contributed by atoms with E-state index in [2.05, 4.69) is 11.4 Å². The van der Waals surface area contributed by atoms with Gasteiger partial charge in [-0.15, -0.1) is 0 Å². The molecule has 136 valence electrons. The lowest BCUT2D eigenvalue weighted by molar-refractivity contribution is -0.0764. The smallest absolute Gasteiger partial charge is 0.182 e. The van der Waals surface area contributed by atoms with Crippen LogP contribution in [0.2, 0.25) is 0 Å². The van der Waals surface area contributed by atoms with Gasteiger partial charge in [-0.25, -0.2) is 0 Å². The Hall–Kier alpha value is -3.33. The summed E-state index contributed by atoms with van der Waals surface area (Å²) in [5.74, 6) is 0. The lowest BCUT2D eigenvalue weighted by Crippen LogP contribution is -2.09. The Labute approximate surface area is 158 Å². The van der Waals surface area contributed by atoms with Crippen LogP contribution >= 0.6 is 0 Å². The molecule has 1 unspecified atom stereocenters. The second-order valence-corrected chi connectivity index (χ2v) is 6.11. The average Bonchev–Trinajstić information content (AvgIpc) is 2.72. The Bertz CT molecular complexity index is 962. The van der Waals surface area contributed by atoms with Gasteiger partial charge in [-0.05, 0) is 28.8 Å². The molecule has 5 nitrogen and oxygen atoms in total.